The lowest BCUT2D eigenvalue weighted by Crippen LogP contribution is -1.99. The van der Waals surface area contributed by atoms with E-state index >= 15 is 0 Å². The zero-order valence-corrected chi connectivity index (χ0v) is 20.8. The van der Waals surface area contributed by atoms with Crippen LogP contribution in [0.15, 0.2) is 29.9 Å². The smallest absolute Gasteiger partial charge is 0.144 e. The quantitative estimate of drug-likeness (QED) is 0.292. The normalized spacial score (nSPS) is 12.1. The number of nitrogens with one attached hydrogen (secondary N) is 3. The highest BCUT2D eigenvalue weighted by Crippen LogP contribution is 2.29. The number of aromatic nitrogens is 7. The second kappa shape index (κ2) is 9.42. The Labute approximate surface area is 207 Å². The summed E-state index contributed by atoms with van der Waals surface area (Å²) in [7, 11) is 0. The molecule has 1 aliphatic rings. The first-order chi connectivity index (χ1) is 17.0. The molecule has 10 heteroatoms. The minimum absolute atomic E-state index is 0.526. The Morgan fingerprint density at radius 3 is 2.23 bits per heavy atom. The summed E-state index contributed by atoms with van der Waals surface area (Å²) in [6, 6.07) is 2.00. The Kier molecular flexibility index (Phi) is 6.17. The monoisotopic (exact) mass is 487 g/mol. The molecule has 3 N–H and O–H groups in total. The first-order valence-electron chi connectivity index (χ1n) is 11.6. The maximum atomic E-state index is 5.96. The fourth-order valence-electron chi connectivity index (χ4n) is 4.39. The number of aryl methyl sites for hydroxylation is 4. The molecule has 6 rings (SSSR count). The van der Waals surface area contributed by atoms with Crippen molar-refractivity contribution in [3.63, 3.8) is 0 Å². The van der Waals surface area contributed by atoms with Gasteiger partial charge in [-0.2, -0.15) is 0 Å². The average Bonchev–Trinajstić information content (AvgIpc) is 3.55. The first-order valence-corrected chi connectivity index (χ1v) is 11.9. The van der Waals surface area contributed by atoms with Crippen molar-refractivity contribution < 1.29 is 0 Å². The Bertz CT molecular complexity index is 1560. The number of hydrogen-bond donors (Lipinski definition) is 3. The van der Waals surface area contributed by atoms with Crippen LogP contribution in [0, 0.1) is 13.8 Å². The van der Waals surface area contributed by atoms with E-state index < -0.39 is 0 Å². The molecule has 0 amide bonds. The summed E-state index contributed by atoms with van der Waals surface area (Å²) >= 11 is 5.96. The zero-order valence-electron chi connectivity index (χ0n) is 20.1. The van der Waals surface area contributed by atoms with Crippen molar-refractivity contribution in [1.29, 1.82) is 0 Å². The number of fused-ring (bicyclic) bond motifs is 3. The fourth-order valence-corrected chi connectivity index (χ4v) is 4.66. The third-order valence-electron chi connectivity index (χ3n) is 6.31. The Balaban J connectivity index is 0.000000166. The topological polar surface area (TPSA) is 120 Å². The molecule has 5 aromatic rings. The molecule has 0 unspecified atom stereocenters. The lowest BCUT2D eigenvalue weighted by Gasteiger charge is -2.07. The van der Waals surface area contributed by atoms with Crippen LogP contribution in [0.25, 0.3) is 22.1 Å². The van der Waals surface area contributed by atoms with Gasteiger partial charge in [-0.1, -0.05) is 25.4 Å². The molecule has 0 saturated carbocycles. The predicted molar refractivity (Wildman–Crippen MR) is 140 cm³/mol. The molecule has 35 heavy (non-hydrogen) atoms. The standard InChI is InChI=1S/C16H16N6.C9H10ClN3/c1-3-12-9(2)14-15(21-12)19-8-20-16(14)22-13-4-10-5-17-6-11(10)7-18-13;1-3-6-5(2)7-8(10)11-4-12-9(7)13-6/h4-5,7-8H,3,6H2,1-2H3,(H2,18,19,20,21,22);4H,3H2,1-2H3,(H,11,12,13). The first kappa shape index (κ1) is 22.9. The third-order valence-corrected chi connectivity index (χ3v) is 6.60. The third kappa shape index (κ3) is 4.23. The van der Waals surface area contributed by atoms with Gasteiger partial charge >= 0.3 is 0 Å². The number of hydrogen-bond acceptors (Lipinski definition) is 7. The molecule has 9 nitrogen and oxygen atoms in total. The van der Waals surface area contributed by atoms with Crippen molar-refractivity contribution in [3.05, 3.63) is 63.7 Å². The van der Waals surface area contributed by atoms with Crippen molar-refractivity contribution in [2.45, 2.75) is 47.1 Å². The Hall–Kier alpha value is -3.85. The molecule has 0 atom stereocenters. The molecule has 0 saturated heterocycles. The molecule has 0 bridgehead atoms. The maximum Gasteiger partial charge on any atom is 0.144 e. The largest absolute Gasteiger partial charge is 0.343 e. The summed E-state index contributed by atoms with van der Waals surface area (Å²) in [4.78, 5) is 32.1. The molecule has 0 radical (unpaired) electrons. The average molecular weight is 488 g/mol. The molecule has 6 heterocycles. The molecule has 5 aromatic heterocycles. The van der Waals surface area contributed by atoms with Crippen LogP contribution in [0.4, 0.5) is 11.6 Å². The molecular weight excluding hydrogens is 462 g/mol. The molecular formula is C25H26ClN9. The number of aromatic amines is 2. The maximum absolute atomic E-state index is 5.96. The summed E-state index contributed by atoms with van der Waals surface area (Å²) in [6.45, 7) is 9.07. The van der Waals surface area contributed by atoms with Gasteiger partial charge in [0.15, 0.2) is 0 Å². The van der Waals surface area contributed by atoms with Gasteiger partial charge in [-0.05, 0) is 43.9 Å². The van der Waals surface area contributed by atoms with Crippen molar-refractivity contribution in [2.75, 3.05) is 5.32 Å². The van der Waals surface area contributed by atoms with E-state index in [0.29, 0.717) is 5.15 Å². The van der Waals surface area contributed by atoms with Gasteiger partial charge in [0, 0.05) is 34.9 Å². The molecule has 0 aromatic carbocycles. The van der Waals surface area contributed by atoms with Crippen LogP contribution in [-0.4, -0.2) is 41.1 Å². The minimum atomic E-state index is 0.526. The molecule has 0 spiro atoms. The van der Waals surface area contributed by atoms with Gasteiger partial charge in [-0.3, -0.25) is 4.99 Å². The fraction of sp³-hybridized carbons (Fsp3) is 0.280. The van der Waals surface area contributed by atoms with Crippen LogP contribution in [0.3, 0.4) is 0 Å². The van der Waals surface area contributed by atoms with Crippen molar-refractivity contribution in [3.8, 4) is 0 Å². The molecule has 0 aliphatic carbocycles. The summed E-state index contributed by atoms with van der Waals surface area (Å²) in [5, 5.41) is 5.81. The van der Waals surface area contributed by atoms with Gasteiger partial charge in [0.2, 0.25) is 0 Å². The van der Waals surface area contributed by atoms with Crippen LogP contribution in [0.2, 0.25) is 5.15 Å². The van der Waals surface area contributed by atoms with Crippen LogP contribution in [-0.2, 0) is 19.4 Å². The van der Waals surface area contributed by atoms with E-state index in [2.05, 4.69) is 66.0 Å². The van der Waals surface area contributed by atoms with E-state index in [9.17, 15) is 0 Å². The number of rotatable bonds is 4. The van der Waals surface area contributed by atoms with Gasteiger partial charge in [0.25, 0.3) is 0 Å². The summed E-state index contributed by atoms with van der Waals surface area (Å²) in [5.41, 5.74) is 8.66. The zero-order chi connectivity index (χ0) is 24.5. The van der Waals surface area contributed by atoms with Crippen LogP contribution >= 0.6 is 11.6 Å². The van der Waals surface area contributed by atoms with Crippen LogP contribution in [0.5, 0.6) is 0 Å². The van der Waals surface area contributed by atoms with Crippen molar-refractivity contribution in [1.82, 2.24) is 34.9 Å². The van der Waals surface area contributed by atoms with Gasteiger partial charge in [0.1, 0.15) is 40.7 Å². The minimum Gasteiger partial charge on any atom is -0.343 e. The van der Waals surface area contributed by atoms with E-state index in [1.807, 2.05) is 25.4 Å². The van der Waals surface area contributed by atoms with E-state index in [-0.39, 0.29) is 0 Å². The lowest BCUT2D eigenvalue weighted by molar-refractivity contribution is 1.05. The molecule has 1 aliphatic heterocycles. The van der Waals surface area contributed by atoms with Gasteiger partial charge in [-0.15, -0.1) is 0 Å². The van der Waals surface area contributed by atoms with E-state index in [4.69, 9.17) is 11.6 Å². The second-order valence-electron chi connectivity index (χ2n) is 8.36. The van der Waals surface area contributed by atoms with Gasteiger partial charge in [-0.25, -0.2) is 24.9 Å². The number of anilines is 2. The Morgan fingerprint density at radius 2 is 1.54 bits per heavy atom. The number of H-pyrrole nitrogens is 2. The second-order valence-corrected chi connectivity index (χ2v) is 8.72. The van der Waals surface area contributed by atoms with Gasteiger partial charge < -0.3 is 15.3 Å². The van der Waals surface area contributed by atoms with E-state index in [0.717, 1.165) is 69.8 Å². The highest BCUT2D eigenvalue weighted by atomic mass is 35.5. The molecule has 178 valence electrons. The SMILES string of the molecule is CCc1[nH]c2ncnc(Cl)c2c1C.CCc1[nH]c2ncnc(Nc3cc4c(cn3)CN=C4)c2c1C. The Morgan fingerprint density at radius 1 is 0.886 bits per heavy atom. The van der Waals surface area contributed by atoms with E-state index in [1.54, 1.807) is 6.33 Å². The number of aliphatic imine (C=N–C) groups is 1. The summed E-state index contributed by atoms with van der Waals surface area (Å²) < 4.78 is 0. The van der Waals surface area contributed by atoms with Crippen molar-refractivity contribution in [2.24, 2.45) is 4.99 Å². The number of nitrogens with zero attached hydrogens (tertiary/aromatic N) is 6. The van der Waals surface area contributed by atoms with Crippen molar-refractivity contribution >= 4 is 51.5 Å². The lowest BCUT2D eigenvalue weighted by atomic mass is 10.1. The highest BCUT2D eigenvalue weighted by molar-refractivity contribution is 6.34. The molecule has 0 fully saturated rings. The van der Waals surface area contributed by atoms with Crippen LogP contribution in [0.1, 0.15) is 47.5 Å². The number of halogens is 1. The van der Waals surface area contributed by atoms with Crippen LogP contribution < -0.4 is 5.32 Å². The van der Waals surface area contributed by atoms with Gasteiger partial charge in [0.05, 0.1) is 17.3 Å². The highest BCUT2D eigenvalue weighted by Gasteiger charge is 2.14. The summed E-state index contributed by atoms with van der Waals surface area (Å²) in [6.07, 6.45) is 8.68. The van der Waals surface area contributed by atoms with E-state index in [1.165, 1.54) is 23.3 Å². The predicted octanol–water partition coefficient (Wildman–Crippen LogP) is 5.38. The number of pyridine rings is 1. The summed E-state index contributed by atoms with van der Waals surface area (Å²) in [5.74, 6) is 1.55.